The summed E-state index contributed by atoms with van der Waals surface area (Å²) in [4.78, 5) is 6.51. The number of thiazole rings is 1. The largest absolute Gasteiger partial charge is 0.495 e. The maximum atomic E-state index is 6.09. The molecule has 0 amide bonds. The first-order chi connectivity index (χ1) is 8.11. The monoisotopic (exact) mass is 268 g/mol. The van der Waals surface area contributed by atoms with Crippen molar-refractivity contribution in [1.82, 2.24) is 4.98 Å². The summed E-state index contributed by atoms with van der Waals surface area (Å²) in [7, 11) is 5.56. The van der Waals surface area contributed by atoms with E-state index >= 15 is 0 Å². The lowest BCUT2D eigenvalue weighted by Crippen LogP contribution is -2.07. The van der Waals surface area contributed by atoms with Crippen LogP contribution in [-0.4, -0.2) is 26.2 Å². The normalized spacial score (nSPS) is 10.4. The Bertz CT molecular complexity index is 525. The van der Waals surface area contributed by atoms with Gasteiger partial charge in [0.05, 0.1) is 17.8 Å². The first kappa shape index (κ1) is 12.2. The van der Waals surface area contributed by atoms with Gasteiger partial charge in [-0.3, -0.25) is 0 Å². The molecule has 0 N–H and O–H groups in total. The molecule has 0 aliphatic heterocycles. The number of rotatable bonds is 3. The van der Waals surface area contributed by atoms with Crippen molar-refractivity contribution in [1.29, 1.82) is 0 Å². The van der Waals surface area contributed by atoms with Crippen LogP contribution in [0.2, 0.25) is 5.02 Å². The number of methoxy groups -OCH3 is 1. The van der Waals surface area contributed by atoms with Gasteiger partial charge in [-0.2, -0.15) is 0 Å². The van der Waals surface area contributed by atoms with Gasteiger partial charge in [-0.25, -0.2) is 4.98 Å². The zero-order chi connectivity index (χ0) is 12.4. The number of anilines is 1. The van der Waals surface area contributed by atoms with E-state index in [2.05, 4.69) is 4.98 Å². The average molecular weight is 269 g/mol. The van der Waals surface area contributed by atoms with E-state index in [-0.39, 0.29) is 0 Å². The van der Waals surface area contributed by atoms with Crippen LogP contribution < -0.4 is 9.64 Å². The molecule has 1 aromatic heterocycles. The molecular formula is C12H13ClN2OS. The van der Waals surface area contributed by atoms with E-state index < -0.39 is 0 Å². The summed E-state index contributed by atoms with van der Waals surface area (Å²) in [5.74, 6) is 0.679. The number of halogens is 1. The molecule has 0 aliphatic rings. The summed E-state index contributed by atoms with van der Waals surface area (Å²) >= 11 is 7.70. The summed E-state index contributed by atoms with van der Waals surface area (Å²) in [6, 6.07) is 5.68. The van der Waals surface area contributed by atoms with Crippen LogP contribution in [0.5, 0.6) is 5.75 Å². The lowest BCUT2D eigenvalue weighted by atomic mass is 10.2. The first-order valence-corrected chi connectivity index (χ1v) is 6.34. The minimum atomic E-state index is 0.601. The third-order valence-corrected chi connectivity index (χ3v) is 3.63. The van der Waals surface area contributed by atoms with Crippen molar-refractivity contribution in [2.75, 3.05) is 26.1 Å². The van der Waals surface area contributed by atoms with Crippen molar-refractivity contribution in [3.63, 3.8) is 0 Å². The Balaban J connectivity index is 2.36. The van der Waals surface area contributed by atoms with Crippen LogP contribution in [0.3, 0.4) is 0 Å². The van der Waals surface area contributed by atoms with E-state index in [1.54, 1.807) is 18.4 Å². The second-order valence-electron chi connectivity index (χ2n) is 3.76. The molecule has 90 valence electrons. The molecule has 1 aromatic carbocycles. The Morgan fingerprint density at radius 3 is 2.65 bits per heavy atom. The van der Waals surface area contributed by atoms with Gasteiger partial charge in [0, 0.05) is 25.0 Å². The molecule has 0 atom stereocenters. The molecule has 2 aromatic rings. The van der Waals surface area contributed by atoms with E-state index in [4.69, 9.17) is 16.3 Å². The van der Waals surface area contributed by atoms with Crippen molar-refractivity contribution in [2.45, 2.75) is 0 Å². The quantitative estimate of drug-likeness (QED) is 0.851. The smallest absolute Gasteiger partial charge is 0.185 e. The van der Waals surface area contributed by atoms with Crippen LogP contribution in [0, 0.1) is 0 Å². The molecule has 2 rings (SSSR count). The molecular weight excluding hydrogens is 256 g/mol. The number of nitrogens with zero attached hydrogens (tertiary/aromatic N) is 2. The topological polar surface area (TPSA) is 25.4 Å². The van der Waals surface area contributed by atoms with Gasteiger partial charge in [0.2, 0.25) is 0 Å². The summed E-state index contributed by atoms with van der Waals surface area (Å²) in [5.41, 5.74) is 1.93. The van der Waals surface area contributed by atoms with Crippen LogP contribution >= 0.6 is 22.9 Å². The SMILES string of the molecule is COc1ccc(-c2csc(N(C)C)n2)cc1Cl. The van der Waals surface area contributed by atoms with Gasteiger partial charge in [-0.15, -0.1) is 11.3 Å². The van der Waals surface area contributed by atoms with Crippen molar-refractivity contribution in [2.24, 2.45) is 0 Å². The summed E-state index contributed by atoms with van der Waals surface area (Å²) in [5, 5.41) is 3.60. The highest BCUT2D eigenvalue weighted by Gasteiger charge is 2.08. The van der Waals surface area contributed by atoms with Gasteiger partial charge in [0.1, 0.15) is 5.75 Å². The van der Waals surface area contributed by atoms with Gasteiger partial charge in [0.25, 0.3) is 0 Å². The number of aromatic nitrogens is 1. The zero-order valence-electron chi connectivity index (χ0n) is 9.90. The second-order valence-corrected chi connectivity index (χ2v) is 5.00. The third kappa shape index (κ3) is 2.53. The fourth-order valence-electron chi connectivity index (χ4n) is 1.43. The van der Waals surface area contributed by atoms with Crippen LogP contribution in [0.4, 0.5) is 5.13 Å². The molecule has 3 nitrogen and oxygen atoms in total. The lowest BCUT2D eigenvalue weighted by molar-refractivity contribution is 0.415. The van der Waals surface area contributed by atoms with Gasteiger partial charge >= 0.3 is 0 Å². The van der Waals surface area contributed by atoms with Gasteiger partial charge in [-0.1, -0.05) is 11.6 Å². The fraction of sp³-hybridized carbons (Fsp3) is 0.250. The number of hydrogen-bond acceptors (Lipinski definition) is 4. The molecule has 0 fully saturated rings. The Labute approximate surface area is 110 Å². The summed E-state index contributed by atoms with van der Waals surface area (Å²) in [6.07, 6.45) is 0. The minimum Gasteiger partial charge on any atom is -0.495 e. The van der Waals surface area contributed by atoms with Crippen LogP contribution in [0.25, 0.3) is 11.3 Å². The molecule has 0 spiro atoms. The van der Waals surface area contributed by atoms with E-state index in [1.165, 1.54) is 0 Å². The molecule has 0 aliphatic carbocycles. The van der Waals surface area contributed by atoms with Gasteiger partial charge in [-0.05, 0) is 18.2 Å². The van der Waals surface area contributed by atoms with E-state index in [1.807, 2.05) is 42.6 Å². The Morgan fingerprint density at radius 1 is 1.35 bits per heavy atom. The Kier molecular flexibility index (Phi) is 3.54. The van der Waals surface area contributed by atoms with Crippen molar-refractivity contribution in [3.8, 4) is 17.0 Å². The van der Waals surface area contributed by atoms with E-state index in [0.29, 0.717) is 10.8 Å². The van der Waals surface area contributed by atoms with Crippen LogP contribution in [-0.2, 0) is 0 Å². The fourth-order valence-corrected chi connectivity index (χ4v) is 2.45. The minimum absolute atomic E-state index is 0.601. The standard InChI is InChI=1S/C12H13ClN2OS/c1-15(2)12-14-10(7-17-12)8-4-5-11(16-3)9(13)6-8/h4-7H,1-3H3. The Hall–Kier alpha value is -1.26. The van der Waals surface area contributed by atoms with E-state index in [0.717, 1.165) is 16.4 Å². The molecule has 0 radical (unpaired) electrons. The highest BCUT2D eigenvalue weighted by molar-refractivity contribution is 7.14. The highest BCUT2D eigenvalue weighted by Crippen LogP contribution is 2.32. The Morgan fingerprint density at radius 2 is 2.12 bits per heavy atom. The van der Waals surface area contributed by atoms with Crippen molar-refractivity contribution >= 4 is 28.1 Å². The predicted molar refractivity (Wildman–Crippen MR) is 73.4 cm³/mol. The van der Waals surface area contributed by atoms with E-state index in [9.17, 15) is 0 Å². The molecule has 0 saturated carbocycles. The zero-order valence-corrected chi connectivity index (χ0v) is 11.5. The molecule has 1 heterocycles. The molecule has 0 bridgehead atoms. The first-order valence-electron chi connectivity index (χ1n) is 5.08. The summed E-state index contributed by atoms with van der Waals surface area (Å²) in [6.45, 7) is 0. The second kappa shape index (κ2) is 4.94. The molecule has 5 heteroatoms. The maximum absolute atomic E-state index is 6.09. The van der Waals surface area contributed by atoms with Crippen molar-refractivity contribution < 1.29 is 4.74 Å². The van der Waals surface area contributed by atoms with Gasteiger partial charge in [0.15, 0.2) is 5.13 Å². The highest BCUT2D eigenvalue weighted by atomic mass is 35.5. The number of hydrogen-bond donors (Lipinski definition) is 0. The third-order valence-electron chi connectivity index (χ3n) is 2.32. The van der Waals surface area contributed by atoms with Crippen molar-refractivity contribution in [3.05, 3.63) is 28.6 Å². The molecule has 0 saturated heterocycles. The van der Waals surface area contributed by atoms with Crippen LogP contribution in [0.15, 0.2) is 23.6 Å². The van der Waals surface area contributed by atoms with Gasteiger partial charge < -0.3 is 9.64 Å². The van der Waals surface area contributed by atoms with Crippen LogP contribution in [0.1, 0.15) is 0 Å². The summed E-state index contributed by atoms with van der Waals surface area (Å²) < 4.78 is 5.12. The number of benzene rings is 1. The lowest BCUT2D eigenvalue weighted by Gasteiger charge is -2.06. The number of ether oxygens (including phenoxy) is 1. The molecule has 0 unspecified atom stereocenters. The average Bonchev–Trinajstić information content (AvgIpc) is 2.78. The molecule has 17 heavy (non-hydrogen) atoms. The maximum Gasteiger partial charge on any atom is 0.185 e. The predicted octanol–water partition coefficient (Wildman–Crippen LogP) is 3.54.